The monoisotopic (exact) mass is 397 g/mol. The van der Waals surface area contributed by atoms with E-state index in [-0.39, 0.29) is 5.92 Å². The lowest BCUT2D eigenvalue weighted by Gasteiger charge is -2.36. The molecule has 3 heterocycles. The van der Waals surface area contributed by atoms with Gasteiger partial charge in [0.05, 0.1) is 32.2 Å². The maximum Gasteiger partial charge on any atom is 0.421 e. The van der Waals surface area contributed by atoms with Crippen molar-refractivity contribution in [2.24, 2.45) is 5.92 Å². The summed E-state index contributed by atoms with van der Waals surface area (Å²) in [5.74, 6) is 0.0898. The first-order chi connectivity index (χ1) is 13.3. The van der Waals surface area contributed by atoms with E-state index in [1.54, 1.807) is 18.5 Å². The molecule has 1 fully saturated rings. The molecule has 0 saturated carbocycles. The third-order valence-corrected chi connectivity index (χ3v) is 5.04. The van der Waals surface area contributed by atoms with Crippen molar-refractivity contribution in [3.63, 3.8) is 0 Å². The summed E-state index contributed by atoms with van der Waals surface area (Å²) in [5, 5.41) is 10.7. The second-order valence-electron chi connectivity index (χ2n) is 6.64. The molecule has 6 nitrogen and oxygen atoms in total. The normalized spacial score (nSPS) is 16.7. The van der Waals surface area contributed by atoms with Crippen LogP contribution in [0.2, 0.25) is 0 Å². The molecular formula is C19H22F3N3O3. The third kappa shape index (κ3) is 4.14. The van der Waals surface area contributed by atoms with E-state index in [2.05, 4.69) is 9.97 Å². The first-order valence-electron chi connectivity index (χ1n) is 8.87. The molecule has 1 N–H and O–H groups in total. The molecule has 1 atom stereocenters. The zero-order valence-corrected chi connectivity index (χ0v) is 15.6. The van der Waals surface area contributed by atoms with E-state index in [4.69, 9.17) is 9.47 Å². The lowest BCUT2D eigenvalue weighted by atomic mass is 9.87. The number of aromatic nitrogens is 2. The fourth-order valence-corrected chi connectivity index (χ4v) is 3.51. The summed E-state index contributed by atoms with van der Waals surface area (Å²) in [4.78, 5) is 9.69. The summed E-state index contributed by atoms with van der Waals surface area (Å²) in [5.41, 5.74) is 0.115. The highest BCUT2D eigenvalue weighted by Crippen LogP contribution is 2.39. The Morgan fingerprint density at radius 2 is 1.89 bits per heavy atom. The minimum absolute atomic E-state index is 0.0392. The van der Waals surface area contributed by atoms with Gasteiger partial charge in [0.2, 0.25) is 5.88 Å². The van der Waals surface area contributed by atoms with Crippen LogP contribution in [0.5, 0.6) is 11.6 Å². The molecule has 0 aromatic carbocycles. The smallest absolute Gasteiger partial charge is 0.421 e. The van der Waals surface area contributed by atoms with Gasteiger partial charge in [-0.25, -0.2) is 4.98 Å². The molecule has 28 heavy (non-hydrogen) atoms. The first kappa shape index (κ1) is 20.2. The number of aliphatic hydroxyl groups excluding tert-OH is 1. The summed E-state index contributed by atoms with van der Waals surface area (Å²) >= 11 is 0. The van der Waals surface area contributed by atoms with Gasteiger partial charge in [-0.2, -0.15) is 13.2 Å². The van der Waals surface area contributed by atoms with E-state index in [9.17, 15) is 18.3 Å². The van der Waals surface area contributed by atoms with E-state index in [1.165, 1.54) is 13.3 Å². The van der Waals surface area contributed by atoms with Crippen molar-refractivity contribution >= 4 is 5.69 Å². The third-order valence-electron chi connectivity index (χ3n) is 5.04. The van der Waals surface area contributed by atoms with Crippen LogP contribution in [0.3, 0.4) is 0 Å². The second-order valence-corrected chi connectivity index (χ2v) is 6.64. The van der Waals surface area contributed by atoms with Crippen LogP contribution in [0, 0.1) is 5.92 Å². The number of piperidine rings is 1. The molecule has 3 rings (SSSR count). The lowest BCUT2D eigenvalue weighted by Crippen LogP contribution is -2.36. The predicted octanol–water partition coefficient (Wildman–Crippen LogP) is 3.46. The Hall–Kier alpha value is -2.55. The number of hydrogen-bond acceptors (Lipinski definition) is 6. The average Bonchev–Trinajstić information content (AvgIpc) is 2.72. The lowest BCUT2D eigenvalue weighted by molar-refractivity contribution is -0.139. The Balaban J connectivity index is 1.72. The van der Waals surface area contributed by atoms with Gasteiger partial charge in [-0.15, -0.1) is 0 Å². The maximum atomic E-state index is 13.2. The molecule has 0 aliphatic carbocycles. The second kappa shape index (κ2) is 8.22. The largest absolute Gasteiger partial charge is 0.496 e. The Kier molecular flexibility index (Phi) is 5.93. The highest BCUT2D eigenvalue weighted by molar-refractivity contribution is 5.50. The molecule has 2 aromatic heterocycles. The number of alkyl halides is 3. The number of pyridine rings is 2. The first-order valence-corrected chi connectivity index (χ1v) is 8.87. The van der Waals surface area contributed by atoms with E-state index in [0.29, 0.717) is 42.9 Å². The summed E-state index contributed by atoms with van der Waals surface area (Å²) in [7, 11) is 2.69. The molecule has 9 heteroatoms. The standard InChI is InChI=1S/C19H22F3N3O3/c1-27-16-3-6-23-11-14(16)17(26)12-4-7-25(8-5-12)13-9-15(19(20,21)22)18(28-2)24-10-13/h3,6,9-12,17,26H,4-5,7-8H2,1-2H3. The van der Waals surface area contributed by atoms with Crippen molar-refractivity contribution in [3.05, 3.63) is 41.9 Å². The Bertz CT molecular complexity index is 808. The van der Waals surface area contributed by atoms with Gasteiger partial charge in [0.15, 0.2) is 0 Å². The number of rotatable bonds is 5. The van der Waals surface area contributed by atoms with Crippen molar-refractivity contribution in [1.82, 2.24) is 9.97 Å². The number of aliphatic hydroxyl groups is 1. The fraction of sp³-hybridized carbons (Fsp3) is 0.474. The highest BCUT2D eigenvalue weighted by atomic mass is 19.4. The quantitative estimate of drug-likeness (QED) is 0.834. The molecular weight excluding hydrogens is 375 g/mol. The zero-order valence-electron chi connectivity index (χ0n) is 15.6. The van der Waals surface area contributed by atoms with Crippen LogP contribution < -0.4 is 14.4 Å². The van der Waals surface area contributed by atoms with Crippen LogP contribution in [-0.2, 0) is 6.18 Å². The van der Waals surface area contributed by atoms with Crippen LogP contribution >= 0.6 is 0 Å². The minimum Gasteiger partial charge on any atom is -0.496 e. The van der Waals surface area contributed by atoms with Gasteiger partial charge in [0.25, 0.3) is 0 Å². The molecule has 1 unspecified atom stereocenters. The molecule has 152 valence electrons. The zero-order chi connectivity index (χ0) is 20.3. The van der Waals surface area contributed by atoms with Gasteiger partial charge in [0, 0.05) is 31.0 Å². The number of hydrogen-bond donors (Lipinski definition) is 1. The number of nitrogens with zero attached hydrogens (tertiary/aromatic N) is 3. The highest BCUT2D eigenvalue weighted by Gasteiger charge is 2.36. The Morgan fingerprint density at radius 3 is 2.50 bits per heavy atom. The predicted molar refractivity (Wildman–Crippen MR) is 96.5 cm³/mol. The van der Waals surface area contributed by atoms with Crippen molar-refractivity contribution in [2.45, 2.75) is 25.1 Å². The van der Waals surface area contributed by atoms with E-state index in [0.717, 1.165) is 13.2 Å². The molecule has 0 amide bonds. The van der Waals surface area contributed by atoms with Gasteiger partial charge in [-0.05, 0) is 30.9 Å². The van der Waals surface area contributed by atoms with Gasteiger partial charge < -0.3 is 19.5 Å². The van der Waals surface area contributed by atoms with Crippen LogP contribution in [0.1, 0.15) is 30.1 Å². The summed E-state index contributed by atoms with van der Waals surface area (Å²) < 4.78 is 49.7. The average molecular weight is 397 g/mol. The SMILES string of the molecule is COc1ccncc1C(O)C1CCN(c2cnc(OC)c(C(F)(F)F)c2)CC1. The number of ether oxygens (including phenoxy) is 2. The molecule has 0 radical (unpaired) electrons. The van der Waals surface area contributed by atoms with E-state index in [1.807, 2.05) is 4.90 Å². The van der Waals surface area contributed by atoms with E-state index >= 15 is 0 Å². The summed E-state index contributed by atoms with van der Waals surface area (Å²) in [6.45, 7) is 1.02. The fourth-order valence-electron chi connectivity index (χ4n) is 3.51. The van der Waals surface area contributed by atoms with Crippen molar-refractivity contribution in [3.8, 4) is 11.6 Å². The molecule has 1 aliphatic heterocycles. The van der Waals surface area contributed by atoms with Gasteiger partial charge in [-0.1, -0.05) is 0 Å². The number of methoxy groups -OCH3 is 2. The van der Waals surface area contributed by atoms with Crippen molar-refractivity contribution in [1.29, 1.82) is 0 Å². The van der Waals surface area contributed by atoms with Gasteiger partial charge in [-0.3, -0.25) is 4.98 Å². The summed E-state index contributed by atoms with van der Waals surface area (Å²) in [6.07, 6.45) is 0.504. The molecule has 1 aliphatic rings. The van der Waals surface area contributed by atoms with E-state index < -0.39 is 23.7 Å². The maximum absolute atomic E-state index is 13.2. The van der Waals surface area contributed by atoms with Crippen LogP contribution in [-0.4, -0.2) is 42.4 Å². The topological polar surface area (TPSA) is 67.7 Å². The molecule has 0 spiro atoms. The molecule has 1 saturated heterocycles. The number of anilines is 1. The Morgan fingerprint density at radius 1 is 1.18 bits per heavy atom. The Labute approximate surface area is 160 Å². The van der Waals surface area contributed by atoms with Crippen LogP contribution in [0.4, 0.5) is 18.9 Å². The summed E-state index contributed by atoms with van der Waals surface area (Å²) in [6, 6.07) is 2.75. The molecule has 0 bridgehead atoms. The molecule has 2 aromatic rings. The van der Waals surface area contributed by atoms with Gasteiger partial charge >= 0.3 is 6.18 Å². The number of halogens is 3. The minimum atomic E-state index is -4.54. The van der Waals surface area contributed by atoms with Crippen molar-refractivity contribution in [2.75, 3.05) is 32.2 Å². The van der Waals surface area contributed by atoms with Gasteiger partial charge in [0.1, 0.15) is 11.3 Å². The van der Waals surface area contributed by atoms with Crippen LogP contribution in [0.25, 0.3) is 0 Å². The van der Waals surface area contributed by atoms with Crippen molar-refractivity contribution < 1.29 is 27.8 Å². The van der Waals surface area contributed by atoms with Crippen LogP contribution in [0.15, 0.2) is 30.7 Å².